The van der Waals surface area contributed by atoms with E-state index in [0.29, 0.717) is 5.76 Å². The average molecular weight is 296 g/mol. The SMILES string of the molecule is O=C1CSC(c2ccco2)N1n1c(=O)cn[nH]c1=S. The summed E-state index contributed by atoms with van der Waals surface area (Å²) >= 11 is 6.39. The van der Waals surface area contributed by atoms with Gasteiger partial charge in [-0.05, 0) is 24.4 Å². The monoisotopic (exact) mass is 296 g/mol. The van der Waals surface area contributed by atoms with E-state index >= 15 is 0 Å². The van der Waals surface area contributed by atoms with Crippen molar-refractivity contribution in [2.45, 2.75) is 5.37 Å². The summed E-state index contributed by atoms with van der Waals surface area (Å²) in [5.41, 5.74) is -0.462. The van der Waals surface area contributed by atoms with Gasteiger partial charge in [-0.15, -0.1) is 11.8 Å². The van der Waals surface area contributed by atoms with Gasteiger partial charge in [-0.25, -0.2) is 5.01 Å². The average Bonchev–Trinajstić information content (AvgIpc) is 2.99. The van der Waals surface area contributed by atoms with Crippen molar-refractivity contribution in [1.82, 2.24) is 14.9 Å². The number of hydrogen-bond acceptors (Lipinski definition) is 6. The van der Waals surface area contributed by atoms with Crippen molar-refractivity contribution in [3.05, 3.63) is 45.5 Å². The molecule has 1 unspecified atom stereocenters. The normalized spacial score (nSPS) is 19.1. The summed E-state index contributed by atoms with van der Waals surface area (Å²) in [5, 5.41) is 6.99. The third kappa shape index (κ3) is 2.00. The zero-order valence-corrected chi connectivity index (χ0v) is 11.1. The summed E-state index contributed by atoms with van der Waals surface area (Å²) in [4.78, 5) is 23.9. The minimum Gasteiger partial charge on any atom is -0.466 e. The molecule has 0 bridgehead atoms. The molecular formula is C10H8N4O3S2. The molecule has 1 atom stereocenters. The highest BCUT2D eigenvalue weighted by Gasteiger charge is 2.37. The van der Waals surface area contributed by atoms with Crippen molar-refractivity contribution >= 4 is 29.9 Å². The molecule has 1 fully saturated rings. The lowest BCUT2D eigenvalue weighted by molar-refractivity contribution is -0.117. The van der Waals surface area contributed by atoms with Crippen LogP contribution in [0, 0.1) is 4.77 Å². The predicted octanol–water partition coefficient (Wildman–Crippen LogP) is 0.804. The van der Waals surface area contributed by atoms with Crippen molar-refractivity contribution in [2.24, 2.45) is 0 Å². The summed E-state index contributed by atoms with van der Waals surface area (Å²) in [6, 6.07) is 3.48. The van der Waals surface area contributed by atoms with Gasteiger partial charge in [0.15, 0.2) is 5.37 Å². The van der Waals surface area contributed by atoms with Crippen molar-refractivity contribution in [2.75, 3.05) is 10.8 Å². The first-order chi connectivity index (χ1) is 9.18. The predicted molar refractivity (Wildman–Crippen MR) is 70.8 cm³/mol. The lowest BCUT2D eigenvalue weighted by Gasteiger charge is -2.23. The Balaban J connectivity index is 2.14. The van der Waals surface area contributed by atoms with Gasteiger partial charge < -0.3 is 4.42 Å². The molecule has 2 aromatic rings. The number of thioether (sulfide) groups is 1. The minimum atomic E-state index is -0.462. The highest BCUT2D eigenvalue weighted by molar-refractivity contribution is 8.00. The number of carbonyl (C=O) groups excluding carboxylic acids is 1. The Kier molecular flexibility index (Phi) is 2.99. The fourth-order valence-corrected chi connectivity index (χ4v) is 3.13. The van der Waals surface area contributed by atoms with Crippen molar-refractivity contribution in [3.63, 3.8) is 0 Å². The van der Waals surface area contributed by atoms with Crippen LogP contribution < -0.4 is 10.6 Å². The van der Waals surface area contributed by atoms with E-state index < -0.39 is 10.9 Å². The maximum Gasteiger partial charge on any atom is 0.292 e. The summed E-state index contributed by atoms with van der Waals surface area (Å²) in [6.45, 7) is 0. The molecule has 1 aliphatic rings. The van der Waals surface area contributed by atoms with Gasteiger partial charge in [0, 0.05) is 0 Å². The number of aromatic nitrogens is 3. The standard InChI is InChI=1S/C10H8N4O3S2/c15-7-4-11-12-10(18)14(7)13-8(16)5-19-9(13)6-2-1-3-17-6/h1-4,9H,5H2,(H,12,18). The number of rotatable bonds is 2. The molecule has 0 aliphatic carbocycles. The van der Waals surface area contributed by atoms with E-state index in [-0.39, 0.29) is 16.4 Å². The molecule has 3 heterocycles. The number of nitrogens with one attached hydrogen (secondary N) is 1. The van der Waals surface area contributed by atoms with Gasteiger partial charge in [0.05, 0.1) is 12.0 Å². The number of H-pyrrole nitrogens is 1. The Hall–Kier alpha value is -1.87. The molecule has 0 radical (unpaired) electrons. The molecule has 2 aromatic heterocycles. The maximum atomic E-state index is 12.0. The van der Waals surface area contributed by atoms with Crippen molar-refractivity contribution in [1.29, 1.82) is 0 Å². The van der Waals surface area contributed by atoms with Crippen LogP contribution in [0.3, 0.4) is 0 Å². The lowest BCUT2D eigenvalue weighted by atomic mass is 10.4. The van der Waals surface area contributed by atoms with E-state index in [0.717, 1.165) is 10.9 Å². The highest BCUT2D eigenvalue weighted by Crippen LogP contribution is 2.36. The summed E-state index contributed by atoms with van der Waals surface area (Å²) in [5.74, 6) is 0.641. The Morgan fingerprint density at radius 3 is 3.05 bits per heavy atom. The van der Waals surface area contributed by atoms with Crippen LogP contribution in [0.15, 0.2) is 33.8 Å². The summed E-state index contributed by atoms with van der Waals surface area (Å²) in [7, 11) is 0. The summed E-state index contributed by atoms with van der Waals surface area (Å²) < 4.78 is 6.49. The number of hydrogen-bond donors (Lipinski definition) is 1. The highest BCUT2D eigenvalue weighted by atomic mass is 32.2. The number of furan rings is 1. The van der Waals surface area contributed by atoms with Gasteiger partial charge >= 0.3 is 0 Å². The quantitative estimate of drug-likeness (QED) is 0.825. The van der Waals surface area contributed by atoms with Gasteiger partial charge in [-0.2, -0.15) is 9.77 Å². The van der Waals surface area contributed by atoms with Crippen LogP contribution >= 0.6 is 24.0 Å². The van der Waals surface area contributed by atoms with Crippen LogP contribution in [0.5, 0.6) is 0 Å². The second-order valence-electron chi connectivity index (χ2n) is 3.74. The molecular weight excluding hydrogens is 288 g/mol. The van der Waals surface area contributed by atoms with Gasteiger partial charge in [-0.1, -0.05) is 0 Å². The number of amides is 1. The third-order valence-corrected chi connectivity index (χ3v) is 4.01. The fraction of sp³-hybridized carbons (Fsp3) is 0.200. The Morgan fingerprint density at radius 1 is 1.53 bits per heavy atom. The molecule has 0 saturated carbocycles. The first-order valence-electron chi connectivity index (χ1n) is 5.32. The molecule has 7 nitrogen and oxygen atoms in total. The van der Waals surface area contributed by atoms with Crippen LogP contribution in [0.1, 0.15) is 11.1 Å². The molecule has 1 aliphatic heterocycles. The first-order valence-corrected chi connectivity index (χ1v) is 6.78. The topological polar surface area (TPSA) is 84.1 Å². The first kappa shape index (κ1) is 12.2. The van der Waals surface area contributed by atoms with Crippen molar-refractivity contribution in [3.8, 4) is 0 Å². The van der Waals surface area contributed by atoms with E-state index in [1.165, 1.54) is 23.0 Å². The third-order valence-electron chi connectivity index (χ3n) is 2.58. The minimum absolute atomic E-state index is 0.0694. The zero-order valence-electron chi connectivity index (χ0n) is 9.48. The zero-order chi connectivity index (χ0) is 13.4. The van der Waals surface area contributed by atoms with Crippen LogP contribution in [-0.4, -0.2) is 26.5 Å². The molecule has 0 aromatic carbocycles. The summed E-state index contributed by atoms with van der Waals surface area (Å²) in [6.07, 6.45) is 2.60. The molecule has 1 N–H and O–H groups in total. The van der Waals surface area contributed by atoms with E-state index in [1.807, 2.05) is 0 Å². The van der Waals surface area contributed by atoms with Crippen molar-refractivity contribution < 1.29 is 9.21 Å². The van der Waals surface area contributed by atoms with Crippen LogP contribution in [-0.2, 0) is 4.79 Å². The molecule has 3 rings (SSSR count). The van der Waals surface area contributed by atoms with Crippen LogP contribution in [0.4, 0.5) is 0 Å². The van der Waals surface area contributed by atoms with Gasteiger partial charge in [0.25, 0.3) is 11.5 Å². The van der Waals surface area contributed by atoms with Gasteiger partial charge in [-0.3, -0.25) is 14.7 Å². The Morgan fingerprint density at radius 2 is 2.37 bits per heavy atom. The van der Waals surface area contributed by atoms with E-state index in [4.69, 9.17) is 16.6 Å². The number of nitrogens with zero attached hydrogens (tertiary/aromatic N) is 3. The Labute approximate surface area is 116 Å². The molecule has 1 saturated heterocycles. The fourth-order valence-electron chi connectivity index (χ4n) is 1.82. The molecule has 1 amide bonds. The maximum absolute atomic E-state index is 12.0. The largest absolute Gasteiger partial charge is 0.466 e. The van der Waals surface area contributed by atoms with E-state index in [9.17, 15) is 9.59 Å². The van der Waals surface area contributed by atoms with Crippen LogP contribution in [0.25, 0.3) is 0 Å². The number of carbonyl (C=O) groups is 1. The molecule has 98 valence electrons. The van der Waals surface area contributed by atoms with E-state index in [1.54, 1.807) is 12.1 Å². The van der Waals surface area contributed by atoms with E-state index in [2.05, 4.69) is 10.2 Å². The lowest BCUT2D eigenvalue weighted by Crippen LogP contribution is -2.45. The van der Waals surface area contributed by atoms with Gasteiger partial charge in [0.2, 0.25) is 4.77 Å². The second-order valence-corrected chi connectivity index (χ2v) is 5.20. The molecule has 19 heavy (non-hydrogen) atoms. The number of aromatic amines is 1. The molecule has 0 spiro atoms. The Bertz CT molecular complexity index is 693. The van der Waals surface area contributed by atoms with Gasteiger partial charge in [0.1, 0.15) is 12.0 Å². The second kappa shape index (κ2) is 4.67. The smallest absolute Gasteiger partial charge is 0.292 e. The molecule has 9 heteroatoms. The van der Waals surface area contributed by atoms with Crippen LogP contribution in [0.2, 0.25) is 0 Å².